The fourth-order valence-electron chi connectivity index (χ4n) is 3.23. The van der Waals surface area contributed by atoms with Crippen LogP contribution in [-0.2, 0) is 6.42 Å². The zero-order valence-corrected chi connectivity index (χ0v) is 12.5. The van der Waals surface area contributed by atoms with Crippen LogP contribution in [0.4, 0.5) is 0 Å². The predicted molar refractivity (Wildman–Crippen MR) is 91.0 cm³/mol. The van der Waals surface area contributed by atoms with E-state index in [0.29, 0.717) is 5.75 Å². The molecule has 0 spiro atoms. The van der Waals surface area contributed by atoms with Gasteiger partial charge in [0.05, 0.1) is 5.71 Å². The van der Waals surface area contributed by atoms with E-state index in [1.165, 1.54) is 11.1 Å². The van der Waals surface area contributed by atoms with E-state index in [-0.39, 0.29) is 0 Å². The average molecular weight is 287 g/mol. The van der Waals surface area contributed by atoms with Crippen molar-refractivity contribution in [2.45, 2.75) is 13.3 Å². The molecule has 1 heterocycles. The predicted octanol–water partition coefficient (Wildman–Crippen LogP) is 4.25. The largest absolute Gasteiger partial charge is 0.507 e. The zero-order chi connectivity index (χ0) is 15.1. The van der Waals surface area contributed by atoms with Gasteiger partial charge in [-0.2, -0.15) is 0 Å². The summed E-state index contributed by atoms with van der Waals surface area (Å²) in [5.41, 5.74) is 5.39. The number of fused-ring (bicyclic) bond motifs is 2. The van der Waals surface area contributed by atoms with Gasteiger partial charge in [0, 0.05) is 17.7 Å². The number of aryl methyl sites for hydroxylation is 1. The molecule has 0 aromatic heterocycles. The third-order valence-corrected chi connectivity index (χ3v) is 4.32. The Morgan fingerprint density at radius 2 is 1.82 bits per heavy atom. The molecule has 0 fully saturated rings. The number of aliphatic imine (C=N–C) groups is 1. The molecular weight excluding hydrogens is 270 g/mol. The van der Waals surface area contributed by atoms with E-state index >= 15 is 0 Å². The van der Waals surface area contributed by atoms with Crippen molar-refractivity contribution < 1.29 is 5.11 Å². The average Bonchev–Trinajstić information content (AvgIpc) is 2.54. The second-order valence-electron chi connectivity index (χ2n) is 5.82. The highest BCUT2D eigenvalue weighted by Crippen LogP contribution is 2.32. The van der Waals surface area contributed by atoms with Gasteiger partial charge >= 0.3 is 0 Å². The van der Waals surface area contributed by atoms with Crippen molar-refractivity contribution >= 4 is 16.5 Å². The Balaban J connectivity index is 2.04. The van der Waals surface area contributed by atoms with Crippen molar-refractivity contribution in [1.82, 2.24) is 0 Å². The highest BCUT2D eigenvalue weighted by atomic mass is 16.3. The summed E-state index contributed by atoms with van der Waals surface area (Å²) < 4.78 is 0. The first-order chi connectivity index (χ1) is 10.7. The lowest BCUT2D eigenvalue weighted by atomic mass is 9.90. The van der Waals surface area contributed by atoms with Crippen molar-refractivity contribution in [3.05, 3.63) is 76.9 Å². The molecule has 3 aromatic carbocycles. The molecule has 2 heteroatoms. The summed E-state index contributed by atoms with van der Waals surface area (Å²) in [6.45, 7) is 2.85. The smallest absolute Gasteiger partial charge is 0.125 e. The van der Waals surface area contributed by atoms with Crippen molar-refractivity contribution in [1.29, 1.82) is 0 Å². The van der Waals surface area contributed by atoms with E-state index in [0.717, 1.165) is 40.6 Å². The first-order valence-electron chi connectivity index (χ1n) is 7.59. The lowest BCUT2D eigenvalue weighted by Crippen LogP contribution is -2.14. The van der Waals surface area contributed by atoms with Gasteiger partial charge < -0.3 is 5.11 Å². The van der Waals surface area contributed by atoms with E-state index in [1.807, 2.05) is 12.1 Å². The number of aromatic hydroxyl groups is 1. The highest BCUT2D eigenvalue weighted by Gasteiger charge is 2.20. The Bertz CT molecular complexity index is 903. The summed E-state index contributed by atoms with van der Waals surface area (Å²) in [6, 6.07) is 18.4. The molecule has 1 aliphatic heterocycles. The molecule has 22 heavy (non-hydrogen) atoms. The van der Waals surface area contributed by atoms with Crippen LogP contribution in [0.5, 0.6) is 5.75 Å². The maximum absolute atomic E-state index is 10.5. The van der Waals surface area contributed by atoms with Crippen LogP contribution in [0.1, 0.15) is 22.3 Å². The van der Waals surface area contributed by atoms with Crippen LogP contribution in [0.25, 0.3) is 10.8 Å². The minimum absolute atomic E-state index is 0.300. The normalized spacial score (nSPS) is 13.8. The number of phenolic OH excluding ortho intramolecular Hbond substituents is 1. The molecule has 0 saturated carbocycles. The summed E-state index contributed by atoms with van der Waals surface area (Å²) in [5, 5.41) is 12.7. The van der Waals surface area contributed by atoms with Crippen LogP contribution in [-0.4, -0.2) is 17.4 Å². The van der Waals surface area contributed by atoms with Crippen LogP contribution < -0.4 is 0 Å². The van der Waals surface area contributed by atoms with Gasteiger partial charge in [-0.15, -0.1) is 0 Å². The van der Waals surface area contributed by atoms with E-state index in [2.05, 4.69) is 43.3 Å². The molecule has 0 radical (unpaired) electrons. The molecule has 0 bridgehead atoms. The summed E-state index contributed by atoms with van der Waals surface area (Å²) in [7, 11) is 0. The van der Waals surface area contributed by atoms with Gasteiger partial charge in [-0.25, -0.2) is 0 Å². The van der Waals surface area contributed by atoms with Gasteiger partial charge in [0.1, 0.15) is 5.75 Å². The molecule has 2 nitrogen and oxygen atoms in total. The quantitative estimate of drug-likeness (QED) is 0.713. The third-order valence-electron chi connectivity index (χ3n) is 4.32. The Kier molecular flexibility index (Phi) is 2.97. The van der Waals surface area contributed by atoms with Gasteiger partial charge in [0.2, 0.25) is 0 Å². The Hall–Kier alpha value is -2.61. The van der Waals surface area contributed by atoms with Crippen LogP contribution >= 0.6 is 0 Å². The Morgan fingerprint density at radius 3 is 2.73 bits per heavy atom. The van der Waals surface area contributed by atoms with E-state index < -0.39 is 0 Å². The highest BCUT2D eigenvalue weighted by molar-refractivity contribution is 6.22. The fraction of sp³-hybridized carbons (Fsp3) is 0.150. The van der Waals surface area contributed by atoms with Crippen LogP contribution in [0.2, 0.25) is 0 Å². The summed E-state index contributed by atoms with van der Waals surface area (Å²) in [5.74, 6) is 0.300. The topological polar surface area (TPSA) is 32.6 Å². The standard InChI is InChI=1S/C20H17NO/c1-13-6-7-15-8-9-18(22)19(17(15)12-13)20-16-5-3-2-4-14(16)10-11-21-20/h2-9,12,22H,10-11H2,1H3. The van der Waals surface area contributed by atoms with Crippen molar-refractivity contribution in [2.75, 3.05) is 6.54 Å². The first kappa shape index (κ1) is 13.1. The molecule has 108 valence electrons. The summed E-state index contributed by atoms with van der Waals surface area (Å²) in [6.07, 6.45) is 0.963. The van der Waals surface area contributed by atoms with E-state index in [1.54, 1.807) is 6.07 Å². The lowest BCUT2D eigenvalue weighted by molar-refractivity contribution is 0.475. The lowest BCUT2D eigenvalue weighted by Gasteiger charge is -2.19. The van der Waals surface area contributed by atoms with Gasteiger partial charge in [0.25, 0.3) is 0 Å². The molecule has 0 atom stereocenters. The van der Waals surface area contributed by atoms with E-state index in [9.17, 15) is 5.11 Å². The van der Waals surface area contributed by atoms with Gasteiger partial charge in [-0.3, -0.25) is 4.99 Å². The molecule has 0 saturated heterocycles. The van der Waals surface area contributed by atoms with Crippen LogP contribution in [0, 0.1) is 6.92 Å². The van der Waals surface area contributed by atoms with Gasteiger partial charge in [-0.05, 0) is 35.7 Å². The summed E-state index contributed by atoms with van der Waals surface area (Å²) in [4.78, 5) is 4.74. The number of rotatable bonds is 1. The van der Waals surface area contributed by atoms with Crippen molar-refractivity contribution in [3.8, 4) is 5.75 Å². The number of hydrogen-bond donors (Lipinski definition) is 1. The number of hydrogen-bond acceptors (Lipinski definition) is 2. The van der Waals surface area contributed by atoms with Gasteiger partial charge in [-0.1, -0.05) is 54.1 Å². The SMILES string of the molecule is Cc1ccc2ccc(O)c(C3=NCCc4ccccc43)c2c1. The number of benzene rings is 3. The number of nitrogens with zero attached hydrogens (tertiary/aromatic N) is 1. The number of phenols is 1. The minimum atomic E-state index is 0.300. The molecule has 0 aliphatic carbocycles. The maximum atomic E-state index is 10.5. The molecule has 0 amide bonds. The van der Waals surface area contributed by atoms with Crippen LogP contribution in [0.15, 0.2) is 59.6 Å². The molecule has 3 aromatic rings. The second-order valence-corrected chi connectivity index (χ2v) is 5.82. The van der Waals surface area contributed by atoms with Crippen LogP contribution in [0.3, 0.4) is 0 Å². The Morgan fingerprint density at radius 1 is 1.00 bits per heavy atom. The fourth-order valence-corrected chi connectivity index (χ4v) is 3.23. The second kappa shape index (κ2) is 4.99. The molecule has 1 aliphatic rings. The zero-order valence-electron chi connectivity index (χ0n) is 12.5. The Labute approximate surface area is 129 Å². The molecule has 1 N–H and O–H groups in total. The van der Waals surface area contributed by atoms with Gasteiger partial charge in [0.15, 0.2) is 0 Å². The first-order valence-corrected chi connectivity index (χ1v) is 7.59. The molecule has 0 unspecified atom stereocenters. The molecule has 4 rings (SSSR count). The maximum Gasteiger partial charge on any atom is 0.125 e. The van der Waals surface area contributed by atoms with Crippen molar-refractivity contribution in [2.24, 2.45) is 4.99 Å². The third kappa shape index (κ3) is 2.00. The van der Waals surface area contributed by atoms with E-state index in [4.69, 9.17) is 4.99 Å². The molecular formula is C20H17NO. The summed E-state index contributed by atoms with van der Waals surface area (Å²) >= 11 is 0. The minimum Gasteiger partial charge on any atom is -0.507 e. The monoisotopic (exact) mass is 287 g/mol. The van der Waals surface area contributed by atoms with Crippen molar-refractivity contribution in [3.63, 3.8) is 0 Å².